The molecule has 0 aromatic heterocycles. The molecule has 1 aromatic rings. The highest BCUT2D eigenvalue weighted by Gasteiger charge is 2.35. The molecule has 1 aromatic carbocycles. The van der Waals surface area contributed by atoms with E-state index in [2.05, 4.69) is 12.2 Å². The van der Waals surface area contributed by atoms with Gasteiger partial charge in [-0.15, -0.1) is 0 Å². The summed E-state index contributed by atoms with van der Waals surface area (Å²) < 4.78 is 5.47. The molecule has 3 fully saturated rings. The van der Waals surface area contributed by atoms with Crippen LogP contribution < -0.4 is 5.32 Å². The number of carbonyl (C=O) groups excluding carboxylic acids is 2. The summed E-state index contributed by atoms with van der Waals surface area (Å²) in [5.74, 6) is 1.10. The third kappa shape index (κ3) is 4.92. The van der Waals surface area contributed by atoms with Gasteiger partial charge in [0.1, 0.15) is 0 Å². The van der Waals surface area contributed by atoms with Crippen LogP contribution in [-0.2, 0) is 4.74 Å². The summed E-state index contributed by atoms with van der Waals surface area (Å²) in [5.41, 5.74) is 2.41. The van der Waals surface area contributed by atoms with Gasteiger partial charge in [-0.25, -0.2) is 4.79 Å². The molecule has 0 bridgehead atoms. The molecule has 158 valence electrons. The molecule has 2 saturated heterocycles. The number of hydrogen-bond acceptors (Lipinski definition) is 3. The first kappa shape index (κ1) is 20.2. The molecule has 0 radical (unpaired) electrons. The van der Waals surface area contributed by atoms with Crippen molar-refractivity contribution < 1.29 is 14.3 Å². The average molecular weight is 400 g/mol. The molecule has 2 unspecified atom stereocenters. The number of nitrogens with one attached hydrogen (secondary N) is 1. The second-order valence-electron chi connectivity index (χ2n) is 9.07. The number of amides is 3. The van der Waals surface area contributed by atoms with E-state index in [1.807, 2.05) is 34.9 Å². The third-order valence-corrected chi connectivity index (χ3v) is 6.39. The zero-order valence-electron chi connectivity index (χ0n) is 17.7. The summed E-state index contributed by atoms with van der Waals surface area (Å²) in [6.07, 6.45) is 5.46. The van der Waals surface area contributed by atoms with Crippen LogP contribution in [0.5, 0.6) is 0 Å². The predicted molar refractivity (Wildman–Crippen MR) is 113 cm³/mol. The van der Waals surface area contributed by atoms with E-state index in [1.54, 1.807) is 0 Å². The molecule has 1 aliphatic carbocycles. The van der Waals surface area contributed by atoms with Gasteiger partial charge >= 0.3 is 6.03 Å². The second-order valence-corrected chi connectivity index (χ2v) is 9.07. The second kappa shape index (κ2) is 8.74. The standard InChI is InChI=1S/C23H33N3O3/c1-16-4-3-10-25(13-16)22(27)19-5-8-21(17(2)12-19)24-23(28)26(20-6-7-20)14-18-9-11-29-15-18/h5,8,12,16,18,20H,3-4,6-7,9-11,13-15H2,1-2H3,(H,24,28). The van der Waals surface area contributed by atoms with Crippen molar-refractivity contribution in [2.24, 2.45) is 11.8 Å². The van der Waals surface area contributed by atoms with Crippen LogP contribution in [-0.4, -0.2) is 60.6 Å². The Morgan fingerprint density at radius 2 is 2.07 bits per heavy atom. The summed E-state index contributed by atoms with van der Waals surface area (Å²) >= 11 is 0. The van der Waals surface area contributed by atoms with Crippen molar-refractivity contribution in [2.75, 3.05) is 38.2 Å². The lowest BCUT2D eigenvalue weighted by atomic mass is 9.99. The lowest BCUT2D eigenvalue weighted by Gasteiger charge is -2.31. The molecular weight excluding hydrogens is 366 g/mol. The molecule has 2 aliphatic heterocycles. The zero-order chi connectivity index (χ0) is 20.4. The topological polar surface area (TPSA) is 61.9 Å². The molecule has 3 amide bonds. The van der Waals surface area contributed by atoms with Gasteiger partial charge in [0.05, 0.1) is 6.61 Å². The highest BCUT2D eigenvalue weighted by molar-refractivity contribution is 5.96. The molecule has 4 rings (SSSR count). The van der Waals surface area contributed by atoms with Gasteiger partial charge in [0.25, 0.3) is 5.91 Å². The molecule has 2 heterocycles. The molecule has 1 N–H and O–H groups in total. The summed E-state index contributed by atoms with van der Waals surface area (Å²) in [5, 5.41) is 3.08. The molecule has 1 saturated carbocycles. The Hall–Kier alpha value is -2.08. The van der Waals surface area contributed by atoms with Crippen LogP contribution in [0.2, 0.25) is 0 Å². The Labute approximate surface area is 173 Å². The number of ether oxygens (including phenoxy) is 1. The van der Waals surface area contributed by atoms with Crippen LogP contribution in [0.25, 0.3) is 0 Å². The Bertz CT molecular complexity index is 756. The van der Waals surface area contributed by atoms with E-state index in [4.69, 9.17) is 4.74 Å². The van der Waals surface area contributed by atoms with Crippen molar-refractivity contribution in [1.82, 2.24) is 9.80 Å². The largest absolute Gasteiger partial charge is 0.381 e. The van der Waals surface area contributed by atoms with Crippen LogP contribution in [0.1, 0.15) is 54.9 Å². The summed E-state index contributed by atoms with van der Waals surface area (Å²) in [4.78, 5) is 29.7. The first-order valence-corrected chi connectivity index (χ1v) is 11.1. The van der Waals surface area contributed by atoms with Crippen LogP contribution in [0.15, 0.2) is 18.2 Å². The monoisotopic (exact) mass is 399 g/mol. The fourth-order valence-corrected chi connectivity index (χ4v) is 4.47. The minimum atomic E-state index is -0.0357. The van der Waals surface area contributed by atoms with Crippen molar-refractivity contribution >= 4 is 17.6 Å². The van der Waals surface area contributed by atoms with Crippen LogP contribution >= 0.6 is 0 Å². The number of carbonyl (C=O) groups is 2. The first-order valence-electron chi connectivity index (χ1n) is 11.1. The maximum absolute atomic E-state index is 12.9. The maximum Gasteiger partial charge on any atom is 0.322 e. The zero-order valence-corrected chi connectivity index (χ0v) is 17.7. The average Bonchev–Trinajstić information content (AvgIpc) is 3.42. The third-order valence-electron chi connectivity index (χ3n) is 6.39. The number of aryl methyl sites for hydroxylation is 1. The van der Waals surface area contributed by atoms with E-state index in [0.717, 1.165) is 69.8 Å². The van der Waals surface area contributed by atoms with Crippen molar-refractivity contribution in [2.45, 2.75) is 52.0 Å². The highest BCUT2D eigenvalue weighted by Crippen LogP contribution is 2.30. The number of urea groups is 1. The Balaban J connectivity index is 1.40. The molecule has 3 aliphatic rings. The number of benzene rings is 1. The summed E-state index contributed by atoms with van der Waals surface area (Å²) in [6.45, 7) is 8.14. The normalized spacial score (nSPS) is 24.4. The fraction of sp³-hybridized carbons (Fsp3) is 0.652. The van der Waals surface area contributed by atoms with Gasteiger partial charge in [-0.05, 0) is 68.7 Å². The Morgan fingerprint density at radius 1 is 1.24 bits per heavy atom. The van der Waals surface area contributed by atoms with E-state index >= 15 is 0 Å². The van der Waals surface area contributed by atoms with Crippen molar-refractivity contribution in [1.29, 1.82) is 0 Å². The number of rotatable bonds is 5. The van der Waals surface area contributed by atoms with E-state index < -0.39 is 0 Å². The number of likely N-dealkylation sites (tertiary alicyclic amines) is 1. The van der Waals surface area contributed by atoms with Crippen molar-refractivity contribution in [3.63, 3.8) is 0 Å². The van der Waals surface area contributed by atoms with Crippen LogP contribution in [0, 0.1) is 18.8 Å². The molecular formula is C23H33N3O3. The van der Waals surface area contributed by atoms with E-state index in [9.17, 15) is 9.59 Å². The van der Waals surface area contributed by atoms with Crippen LogP contribution in [0.3, 0.4) is 0 Å². The quantitative estimate of drug-likeness (QED) is 0.817. The first-order chi connectivity index (χ1) is 14.0. The number of hydrogen-bond donors (Lipinski definition) is 1. The molecule has 0 spiro atoms. The van der Waals surface area contributed by atoms with E-state index in [-0.39, 0.29) is 11.9 Å². The summed E-state index contributed by atoms with van der Waals surface area (Å²) in [7, 11) is 0. The minimum Gasteiger partial charge on any atom is -0.381 e. The molecule has 2 atom stereocenters. The van der Waals surface area contributed by atoms with Gasteiger partial charge in [0, 0.05) is 49.5 Å². The maximum atomic E-state index is 12.9. The Morgan fingerprint density at radius 3 is 2.72 bits per heavy atom. The van der Waals surface area contributed by atoms with Crippen molar-refractivity contribution in [3.8, 4) is 0 Å². The summed E-state index contributed by atoms with van der Waals surface area (Å²) in [6, 6.07) is 5.95. The van der Waals surface area contributed by atoms with E-state index in [1.165, 1.54) is 6.42 Å². The fourth-order valence-electron chi connectivity index (χ4n) is 4.47. The molecule has 6 heteroatoms. The number of anilines is 1. The van der Waals surface area contributed by atoms with Gasteiger partial charge in [-0.3, -0.25) is 4.79 Å². The smallest absolute Gasteiger partial charge is 0.322 e. The lowest BCUT2D eigenvalue weighted by Crippen LogP contribution is -2.40. The van der Waals surface area contributed by atoms with Crippen molar-refractivity contribution in [3.05, 3.63) is 29.3 Å². The van der Waals surface area contributed by atoms with Gasteiger partial charge in [0.2, 0.25) is 0 Å². The van der Waals surface area contributed by atoms with Gasteiger partial charge in [-0.2, -0.15) is 0 Å². The predicted octanol–water partition coefficient (Wildman–Crippen LogP) is 3.90. The van der Waals surface area contributed by atoms with Gasteiger partial charge in [-0.1, -0.05) is 6.92 Å². The number of piperidine rings is 1. The van der Waals surface area contributed by atoms with E-state index in [0.29, 0.717) is 23.4 Å². The molecule has 6 nitrogen and oxygen atoms in total. The van der Waals surface area contributed by atoms with Crippen LogP contribution in [0.4, 0.5) is 10.5 Å². The van der Waals surface area contributed by atoms with Gasteiger partial charge in [0.15, 0.2) is 0 Å². The minimum absolute atomic E-state index is 0.0357. The Kier molecular flexibility index (Phi) is 6.09. The highest BCUT2D eigenvalue weighted by atomic mass is 16.5. The SMILES string of the molecule is Cc1cc(C(=O)N2CCCC(C)C2)ccc1NC(=O)N(CC1CCOC1)C1CC1. The number of nitrogens with zero attached hydrogens (tertiary/aromatic N) is 2. The lowest BCUT2D eigenvalue weighted by molar-refractivity contribution is 0.0683. The molecule has 29 heavy (non-hydrogen) atoms. The van der Waals surface area contributed by atoms with Gasteiger partial charge < -0.3 is 19.9 Å².